The predicted octanol–water partition coefficient (Wildman–Crippen LogP) is 2.26. The van der Waals surface area contributed by atoms with Crippen LogP contribution in [0, 0.1) is 0 Å². The van der Waals surface area contributed by atoms with Crippen molar-refractivity contribution in [3.63, 3.8) is 0 Å². The first-order chi connectivity index (χ1) is 15.5. The monoisotopic (exact) mass is 450 g/mol. The first-order valence-corrected chi connectivity index (χ1v) is 11.3. The van der Waals surface area contributed by atoms with E-state index in [2.05, 4.69) is 15.3 Å². The molecule has 1 aliphatic heterocycles. The second-order valence-corrected chi connectivity index (χ2v) is 9.06. The molecular weight excluding hydrogens is 432 g/mol. The molecule has 162 valence electrons. The van der Waals surface area contributed by atoms with Gasteiger partial charge in [-0.25, -0.2) is 18.4 Å². The minimum atomic E-state index is -3.72. The molecule has 2 aromatic carbocycles. The van der Waals surface area contributed by atoms with Crippen molar-refractivity contribution in [2.45, 2.75) is 16.3 Å². The molecule has 0 unspecified atom stereocenters. The minimum absolute atomic E-state index is 0.130. The lowest BCUT2D eigenvalue weighted by molar-refractivity contribution is 0.0950. The standard InChI is InChI=1S/C22H18N4O5S/c27-21(16-13-25-22-23-7-8-26(22)14-16)24-12-15-1-3-17(4-2-15)32(28,29)18-5-6-19-20(11-18)31-10-9-30-19/h1-8,11,13-14H,9-10,12H2,(H,24,27). The van der Waals surface area contributed by atoms with Crippen molar-refractivity contribution in [2.75, 3.05) is 13.2 Å². The zero-order chi connectivity index (χ0) is 22.1. The van der Waals surface area contributed by atoms with Gasteiger partial charge in [-0.3, -0.25) is 9.20 Å². The van der Waals surface area contributed by atoms with Crippen LogP contribution in [0.25, 0.3) is 5.78 Å². The Morgan fingerprint density at radius 3 is 2.56 bits per heavy atom. The summed E-state index contributed by atoms with van der Waals surface area (Å²) < 4.78 is 38.6. The van der Waals surface area contributed by atoms with Crippen LogP contribution in [0.15, 0.2) is 77.0 Å². The van der Waals surface area contributed by atoms with E-state index < -0.39 is 9.84 Å². The van der Waals surface area contributed by atoms with Gasteiger partial charge in [0.15, 0.2) is 11.5 Å². The molecule has 9 nitrogen and oxygen atoms in total. The predicted molar refractivity (Wildman–Crippen MR) is 113 cm³/mol. The smallest absolute Gasteiger partial charge is 0.254 e. The van der Waals surface area contributed by atoms with Crippen molar-refractivity contribution in [1.29, 1.82) is 0 Å². The van der Waals surface area contributed by atoms with Crippen molar-refractivity contribution in [3.8, 4) is 11.5 Å². The van der Waals surface area contributed by atoms with E-state index in [9.17, 15) is 13.2 Å². The number of imidazole rings is 1. The number of nitrogens with one attached hydrogen (secondary N) is 1. The highest BCUT2D eigenvalue weighted by atomic mass is 32.2. The highest BCUT2D eigenvalue weighted by Gasteiger charge is 2.21. The third-order valence-electron chi connectivity index (χ3n) is 5.02. The fraction of sp³-hybridized carbons (Fsp3) is 0.136. The summed E-state index contributed by atoms with van der Waals surface area (Å²) in [5, 5.41) is 2.80. The van der Waals surface area contributed by atoms with E-state index in [1.54, 1.807) is 41.2 Å². The molecule has 0 bridgehead atoms. The van der Waals surface area contributed by atoms with E-state index in [1.807, 2.05) is 0 Å². The van der Waals surface area contributed by atoms with Gasteiger partial charge < -0.3 is 14.8 Å². The van der Waals surface area contributed by atoms with Crippen LogP contribution in [0.1, 0.15) is 15.9 Å². The molecule has 1 amide bonds. The summed E-state index contributed by atoms with van der Waals surface area (Å²) in [6, 6.07) is 11.0. The molecule has 32 heavy (non-hydrogen) atoms. The number of rotatable bonds is 5. The van der Waals surface area contributed by atoms with E-state index in [0.29, 0.717) is 36.1 Å². The van der Waals surface area contributed by atoms with Gasteiger partial charge in [-0.1, -0.05) is 12.1 Å². The van der Waals surface area contributed by atoms with Crippen LogP contribution in [-0.2, 0) is 16.4 Å². The third-order valence-corrected chi connectivity index (χ3v) is 6.79. The van der Waals surface area contributed by atoms with Gasteiger partial charge in [0.05, 0.1) is 15.4 Å². The van der Waals surface area contributed by atoms with Gasteiger partial charge in [-0.15, -0.1) is 0 Å². The van der Waals surface area contributed by atoms with Crippen molar-refractivity contribution in [1.82, 2.24) is 19.7 Å². The average Bonchev–Trinajstić information content (AvgIpc) is 3.30. The maximum absolute atomic E-state index is 13.0. The largest absolute Gasteiger partial charge is 0.486 e. The molecule has 3 heterocycles. The van der Waals surface area contributed by atoms with E-state index >= 15 is 0 Å². The fourth-order valence-electron chi connectivity index (χ4n) is 3.33. The molecule has 1 aliphatic rings. The van der Waals surface area contributed by atoms with E-state index in [4.69, 9.17) is 9.47 Å². The Kier molecular flexibility index (Phi) is 4.98. The number of fused-ring (bicyclic) bond motifs is 2. The van der Waals surface area contributed by atoms with Crippen LogP contribution >= 0.6 is 0 Å². The number of hydrogen-bond donors (Lipinski definition) is 1. The Morgan fingerprint density at radius 1 is 1.00 bits per heavy atom. The van der Waals surface area contributed by atoms with E-state index in [0.717, 1.165) is 5.56 Å². The topological polar surface area (TPSA) is 112 Å². The molecule has 0 spiro atoms. The van der Waals surface area contributed by atoms with Crippen LogP contribution < -0.4 is 14.8 Å². The quantitative estimate of drug-likeness (QED) is 0.496. The second-order valence-electron chi connectivity index (χ2n) is 7.11. The second kappa shape index (κ2) is 7.97. The van der Waals surface area contributed by atoms with Gasteiger partial charge >= 0.3 is 0 Å². The summed E-state index contributed by atoms with van der Waals surface area (Å²) in [5.41, 5.74) is 1.16. The highest BCUT2D eigenvalue weighted by Crippen LogP contribution is 2.34. The molecule has 0 fully saturated rings. The first-order valence-electron chi connectivity index (χ1n) is 9.81. The average molecular weight is 450 g/mol. The third kappa shape index (κ3) is 3.76. The molecule has 0 atom stereocenters. The SMILES string of the molecule is O=C(NCc1ccc(S(=O)(=O)c2ccc3c(c2)OCCO3)cc1)c1cnc2nccn2c1. The molecule has 0 radical (unpaired) electrons. The van der Waals surface area contributed by atoms with Gasteiger partial charge in [0.1, 0.15) is 13.2 Å². The number of hydrogen-bond acceptors (Lipinski definition) is 7. The zero-order valence-electron chi connectivity index (χ0n) is 16.8. The molecule has 4 aromatic rings. The number of nitrogens with zero attached hydrogens (tertiary/aromatic N) is 3. The molecule has 0 saturated heterocycles. The summed E-state index contributed by atoms with van der Waals surface area (Å²) in [5.74, 6) is 1.17. The summed E-state index contributed by atoms with van der Waals surface area (Å²) in [6.07, 6.45) is 6.42. The molecule has 2 aromatic heterocycles. The van der Waals surface area contributed by atoms with Gasteiger partial charge in [0, 0.05) is 37.4 Å². The molecule has 0 aliphatic carbocycles. The van der Waals surface area contributed by atoms with Gasteiger partial charge in [0.25, 0.3) is 5.91 Å². The molecule has 0 saturated carbocycles. The molecular formula is C22H18N4O5S. The van der Waals surface area contributed by atoms with Crippen LogP contribution in [-0.4, -0.2) is 41.9 Å². The normalized spacial score (nSPS) is 13.1. The van der Waals surface area contributed by atoms with Crippen molar-refractivity contribution >= 4 is 21.5 Å². The Bertz CT molecular complexity index is 1410. The van der Waals surface area contributed by atoms with Crippen molar-refractivity contribution in [3.05, 3.63) is 78.4 Å². The van der Waals surface area contributed by atoms with E-state index in [1.165, 1.54) is 30.5 Å². The minimum Gasteiger partial charge on any atom is -0.486 e. The Hall–Kier alpha value is -3.92. The number of amides is 1. The maximum Gasteiger partial charge on any atom is 0.254 e. The summed E-state index contributed by atoms with van der Waals surface area (Å²) in [6.45, 7) is 1.06. The zero-order valence-corrected chi connectivity index (χ0v) is 17.6. The number of carbonyl (C=O) groups is 1. The summed E-state index contributed by atoms with van der Waals surface area (Å²) in [7, 11) is -3.72. The Balaban J connectivity index is 1.28. The van der Waals surface area contributed by atoms with Crippen molar-refractivity contribution < 1.29 is 22.7 Å². The van der Waals surface area contributed by atoms with Gasteiger partial charge in [0.2, 0.25) is 15.6 Å². The first kappa shape index (κ1) is 20.0. The number of sulfone groups is 1. The number of benzene rings is 2. The summed E-state index contributed by atoms with van der Waals surface area (Å²) in [4.78, 5) is 20.9. The fourth-order valence-corrected chi connectivity index (χ4v) is 4.61. The van der Waals surface area contributed by atoms with Crippen LogP contribution in [0.4, 0.5) is 0 Å². The van der Waals surface area contributed by atoms with Crippen LogP contribution in [0.2, 0.25) is 0 Å². The molecule has 10 heteroatoms. The lowest BCUT2D eigenvalue weighted by Crippen LogP contribution is -2.23. The van der Waals surface area contributed by atoms with E-state index in [-0.39, 0.29) is 22.2 Å². The van der Waals surface area contributed by atoms with Crippen LogP contribution in [0.3, 0.4) is 0 Å². The lowest BCUT2D eigenvalue weighted by Gasteiger charge is -2.18. The van der Waals surface area contributed by atoms with Gasteiger partial charge in [-0.05, 0) is 29.8 Å². The number of ether oxygens (including phenoxy) is 2. The molecule has 5 rings (SSSR count). The Morgan fingerprint density at radius 2 is 1.75 bits per heavy atom. The lowest BCUT2D eigenvalue weighted by atomic mass is 10.2. The maximum atomic E-state index is 13.0. The number of carbonyl (C=O) groups excluding carboxylic acids is 1. The number of aromatic nitrogens is 3. The highest BCUT2D eigenvalue weighted by molar-refractivity contribution is 7.91. The van der Waals surface area contributed by atoms with Crippen LogP contribution in [0.5, 0.6) is 11.5 Å². The summed E-state index contributed by atoms with van der Waals surface area (Å²) >= 11 is 0. The van der Waals surface area contributed by atoms with Crippen molar-refractivity contribution in [2.24, 2.45) is 0 Å². The van der Waals surface area contributed by atoms with Gasteiger partial charge in [-0.2, -0.15) is 0 Å². The Labute approximate surface area is 183 Å². The molecule has 1 N–H and O–H groups in total.